The minimum absolute atomic E-state index is 0.340. The predicted octanol–water partition coefficient (Wildman–Crippen LogP) is 2.45. The molecule has 0 aliphatic heterocycles. The first-order valence-electron chi connectivity index (χ1n) is 6.37. The van der Waals surface area contributed by atoms with Crippen LogP contribution >= 0.6 is 0 Å². The van der Waals surface area contributed by atoms with Crippen LogP contribution in [0.25, 0.3) is 11.7 Å². The van der Waals surface area contributed by atoms with Crippen molar-refractivity contribution < 1.29 is 13.7 Å². The number of hydrogen-bond acceptors (Lipinski definition) is 6. The average molecular weight is 265 g/mol. The van der Waals surface area contributed by atoms with Crippen LogP contribution in [0.15, 0.2) is 21.1 Å². The molecule has 0 unspecified atom stereocenters. The maximum absolute atomic E-state index is 5.56. The van der Waals surface area contributed by atoms with Gasteiger partial charge < -0.3 is 19.4 Å². The van der Waals surface area contributed by atoms with Gasteiger partial charge in [-0.25, -0.2) is 0 Å². The maximum atomic E-state index is 5.56. The van der Waals surface area contributed by atoms with Crippen molar-refractivity contribution in [1.82, 2.24) is 10.1 Å². The van der Waals surface area contributed by atoms with Crippen molar-refractivity contribution in [2.45, 2.75) is 38.8 Å². The fourth-order valence-electron chi connectivity index (χ4n) is 2.06. The molecule has 6 nitrogen and oxygen atoms in total. The maximum Gasteiger partial charge on any atom is 0.293 e. The molecule has 0 aromatic carbocycles. The van der Waals surface area contributed by atoms with Gasteiger partial charge in [0, 0.05) is 7.11 Å². The Morgan fingerprint density at radius 2 is 2.05 bits per heavy atom. The largest absolute Gasteiger partial charge is 0.455 e. The lowest BCUT2D eigenvalue weighted by atomic mass is 9.96. The Hall–Kier alpha value is -1.66. The number of nitrogens with two attached hydrogens (primary N) is 1. The molecule has 2 rings (SSSR count). The first-order chi connectivity index (χ1) is 9.19. The van der Waals surface area contributed by atoms with Gasteiger partial charge in [0.05, 0.1) is 6.54 Å². The van der Waals surface area contributed by atoms with Gasteiger partial charge in [-0.05, 0) is 25.0 Å². The van der Waals surface area contributed by atoms with Crippen LogP contribution < -0.4 is 5.73 Å². The lowest BCUT2D eigenvalue weighted by Gasteiger charge is -2.25. The summed E-state index contributed by atoms with van der Waals surface area (Å²) in [5, 5.41) is 4.01. The fourth-order valence-corrected chi connectivity index (χ4v) is 2.06. The molecule has 0 aliphatic carbocycles. The Morgan fingerprint density at radius 1 is 1.32 bits per heavy atom. The highest BCUT2D eigenvalue weighted by Gasteiger charge is 2.34. The first kappa shape index (κ1) is 13.8. The van der Waals surface area contributed by atoms with Gasteiger partial charge in [0.25, 0.3) is 5.89 Å². The molecule has 0 amide bonds. The molecule has 2 heterocycles. The van der Waals surface area contributed by atoms with Crippen LogP contribution in [0.3, 0.4) is 0 Å². The molecule has 0 radical (unpaired) electrons. The highest BCUT2D eigenvalue weighted by molar-refractivity contribution is 5.44. The van der Waals surface area contributed by atoms with Crippen molar-refractivity contribution in [2.75, 3.05) is 7.11 Å². The van der Waals surface area contributed by atoms with Gasteiger partial charge in [0.2, 0.25) is 5.82 Å². The summed E-state index contributed by atoms with van der Waals surface area (Å²) in [4.78, 5) is 4.38. The standard InChI is InChI=1S/C13H19N3O3/c1-4-13(5-2,17-3)12-15-11(19-16-12)10-7-6-9(8-14)18-10/h6-7H,4-5,8,14H2,1-3H3. The minimum Gasteiger partial charge on any atom is -0.455 e. The SMILES string of the molecule is CCC(CC)(OC)c1noc(-c2ccc(CN)o2)n1. The lowest BCUT2D eigenvalue weighted by molar-refractivity contribution is -0.0306. The minimum atomic E-state index is -0.509. The second-order valence-corrected chi connectivity index (χ2v) is 4.30. The molecule has 2 N–H and O–H groups in total. The lowest BCUT2D eigenvalue weighted by Crippen LogP contribution is -2.28. The van der Waals surface area contributed by atoms with E-state index in [2.05, 4.69) is 10.1 Å². The van der Waals surface area contributed by atoms with E-state index in [1.54, 1.807) is 19.2 Å². The summed E-state index contributed by atoms with van der Waals surface area (Å²) in [6.07, 6.45) is 1.54. The zero-order valence-electron chi connectivity index (χ0n) is 11.5. The predicted molar refractivity (Wildman–Crippen MR) is 69.2 cm³/mol. The topological polar surface area (TPSA) is 87.3 Å². The fraction of sp³-hybridized carbons (Fsp3) is 0.538. The smallest absolute Gasteiger partial charge is 0.293 e. The summed E-state index contributed by atoms with van der Waals surface area (Å²) in [5.74, 6) is 2.09. The molecule has 0 atom stereocenters. The Morgan fingerprint density at radius 3 is 2.58 bits per heavy atom. The summed E-state index contributed by atoms with van der Waals surface area (Å²) < 4.78 is 16.3. The van der Waals surface area contributed by atoms with Crippen LogP contribution in [-0.4, -0.2) is 17.3 Å². The third-order valence-corrected chi connectivity index (χ3v) is 3.44. The number of aromatic nitrogens is 2. The van der Waals surface area contributed by atoms with Crippen LogP contribution in [0.2, 0.25) is 0 Å². The van der Waals surface area contributed by atoms with E-state index in [9.17, 15) is 0 Å². The molecular weight excluding hydrogens is 246 g/mol. The summed E-state index contributed by atoms with van der Waals surface area (Å²) in [6.45, 7) is 4.40. The zero-order chi connectivity index (χ0) is 13.9. The van der Waals surface area contributed by atoms with Crippen LogP contribution in [0, 0.1) is 0 Å². The van der Waals surface area contributed by atoms with Crippen molar-refractivity contribution >= 4 is 0 Å². The van der Waals surface area contributed by atoms with Crippen molar-refractivity contribution in [1.29, 1.82) is 0 Å². The number of furan rings is 1. The highest BCUT2D eigenvalue weighted by atomic mass is 16.5. The molecule has 2 aromatic rings. The number of methoxy groups -OCH3 is 1. The molecule has 0 bridgehead atoms. The first-order valence-corrected chi connectivity index (χ1v) is 6.37. The van der Waals surface area contributed by atoms with E-state index in [1.165, 1.54) is 0 Å². The van der Waals surface area contributed by atoms with Crippen molar-refractivity contribution in [3.63, 3.8) is 0 Å². The van der Waals surface area contributed by atoms with Gasteiger partial charge in [-0.15, -0.1) is 0 Å². The van der Waals surface area contributed by atoms with E-state index in [-0.39, 0.29) is 0 Å². The molecule has 104 valence electrons. The van der Waals surface area contributed by atoms with Gasteiger partial charge in [0.1, 0.15) is 11.4 Å². The zero-order valence-corrected chi connectivity index (χ0v) is 11.5. The van der Waals surface area contributed by atoms with Gasteiger partial charge in [-0.1, -0.05) is 19.0 Å². The van der Waals surface area contributed by atoms with E-state index in [0.29, 0.717) is 29.8 Å². The van der Waals surface area contributed by atoms with Gasteiger partial charge in [0.15, 0.2) is 5.76 Å². The Bertz CT molecular complexity index is 520. The summed E-state index contributed by atoms with van der Waals surface area (Å²) in [6, 6.07) is 3.56. The summed E-state index contributed by atoms with van der Waals surface area (Å²) in [7, 11) is 1.66. The van der Waals surface area contributed by atoms with Gasteiger partial charge >= 0.3 is 0 Å². The normalized spacial score (nSPS) is 12.0. The monoisotopic (exact) mass is 265 g/mol. The van der Waals surface area contributed by atoms with Crippen LogP contribution in [0.1, 0.15) is 38.3 Å². The molecule has 0 fully saturated rings. The Balaban J connectivity index is 2.32. The number of hydrogen-bond donors (Lipinski definition) is 1. The molecular formula is C13H19N3O3. The van der Waals surface area contributed by atoms with E-state index in [1.807, 2.05) is 13.8 Å². The second-order valence-electron chi connectivity index (χ2n) is 4.30. The Kier molecular flexibility index (Phi) is 4.01. The molecule has 0 aliphatic rings. The second kappa shape index (κ2) is 5.54. The molecule has 0 saturated heterocycles. The number of rotatable bonds is 6. The number of nitrogens with zero attached hydrogens (tertiary/aromatic N) is 2. The quantitative estimate of drug-likeness (QED) is 0.863. The highest BCUT2D eigenvalue weighted by Crippen LogP contribution is 2.31. The molecule has 19 heavy (non-hydrogen) atoms. The van der Waals surface area contributed by atoms with Crippen LogP contribution in [0.5, 0.6) is 0 Å². The third kappa shape index (κ3) is 2.41. The molecule has 6 heteroatoms. The number of ether oxygens (including phenoxy) is 1. The van der Waals surface area contributed by atoms with Crippen molar-refractivity contribution in [3.8, 4) is 11.7 Å². The van der Waals surface area contributed by atoms with Gasteiger partial charge in [-0.3, -0.25) is 0 Å². The summed E-state index contributed by atoms with van der Waals surface area (Å²) >= 11 is 0. The average Bonchev–Trinajstić information content (AvgIpc) is 3.10. The molecule has 0 saturated carbocycles. The van der Waals surface area contributed by atoms with Crippen LogP contribution in [-0.2, 0) is 16.9 Å². The van der Waals surface area contributed by atoms with E-state index >= 15 is 0 Å². The molecule has 0 spiro atoms. The van der Waals surface area contributed by atoms with E-state index < -0.39 is 5.60 Å². The molecule has 2 aromatic heterocycles. The van der Waals surface area contributed by atoms with Crippen molar-refractivity contribution in [3.05, 3.63) is 23.7 Å². The van der Waals surface area contributed by atoms with Crippen LogP contribution in [0.4, 0.5) is 0 Å². The van der Waals surface area contributed by atoms with E-state index in [0.717, 1.165) is 12.8 Å². The van der Waals surface area contributed by atoms with Crippen molar-refractivity contribution in [2.24, 2.45) is 5.73 Å². The van der Waals surface area contributed by atoms with Gasteiger partial charge in [-0.2, -0.15) is 4.98 Å². The third-order valence-electron chi connectivity index (χ3n) is 3.44. The Labute approximate surface area is 111 Å². The van der Waals surface area contributed by atoms with E-state index in [4.69, 9.17) is 19.4 Å². The summed E-state index contributed by atoms with van der Waals surface area (Å²) in [5.41, 5.74) is 4.99.